The van der Waals surface area contributed by atoms with Gasteiger partial charge in [0.2, 0.25) is 5.89 Å². The topological polar surface area (TPSA) is 77.0 Å². The molecule has 0 bridgehead atoms. The summed E-state index contributed by atoms with van der Waals surface area (Å²) in [6, 6.07) is 9.49. The van der Waals surface area contributed by atoms with Crippen LogP contribution in [0.15, 0.2) is 41.1 Å². The number of hydrogen-bond acceptors (Lipinski definition) is 5. The normalized spacial score (nSPS) is 17.2. The monoisotopic (exact) mass is 337 g/mol. The Kier molecular flexibility index (Phi) is 3.83. The third-order valence-electron chi connectivity index (χ3n) is 4.56. The second-order valence-corrected chi connectivity index (χ2v) is 6.35. The number of aromatic nitrogens is 4. The largest absolute Gasteiger partial charge is 0.339 e. The van der Waals surface area contributed by atoms with E-state index in [1.807, 2.05) is 46.8 Å². The molecule has 128 valence electrons. The van der Waals surface area contributed by atoms with Gasteiger partial charge < -0.3 is 9.42 Å². The lowest BCUT2D eigenvalue weighted by Gasteiger charge is -2.16. The number of aryl methyl sites for hydroxylation is 2. The maximum atomic E-state index is 12.7. The quantitative estimate of drug-likeness (QED) is 0.734. The van der Waals surface area contributed by atoms with E-state index in [4.69, 9.17) is 4.52 Å². The molecule has 4 rings (SSSR count). The van der Waals surface area contributed by atoms with Crippen molar-refractivity contribution in [2.45, 2.75) is 26.2 Å². The Morgan fingerprint density at radius 3 is 2.64 bits per heavy atom. The minimum Gasteiger partial charge on any atom is -0.339 e. The Labute approximate surface area is 145 Å². The second kappa shape index (κ2) is 6.16. The minimum absolute atomic E-state index is 0.0301. The predicted octanol–water partition coefficient (Wildman–Crippen LogP) is 2.50. The third-order valence-corrected chi connectivity index (χ3v) is 4.56. The number of carbonyl (C=O) groups is 1. The van der Waals surface area contributed by atoms with Gasteiger partial charge in [0.05, 0.1) is 11.6 Å². The summed E-state index contributed by atoms with van der Waals surface area (Å²) in [5.41, 5.74) is 2.67. The highest BCUT2D eigenvalue weighted by atomic mass is 16.5. The van der Waals surface area contributed by atoms with Crippen LogP contribution in [0, 0.1) is 13.8 Å². The molecule has 1 fully saturated rings. The van der Waals surface area contributed by atoms with Crippen molar-refractivity contribution in [2.24, 2.45) is 0 Å². The van der Waals surface area contributed by atoms with Crippen molar-refractivity contribution in [1.29, 1.82) is 0 Å². The fraction of sp³-hybridized carbons (Fsp3) is 0.333. The van der Waals surface area contributed by atoms with Crippen molar-refractivity contribution in [2.75, 3.05) is 13.1 Å². The number of carbonyl (C=O) groups excluding carboxylic acids is 1. The Morgan fingerprint density at radius 1 is 1.20 bits per heavy atom. The van der Waals surface area contributed by atoms with E-state index in [1.165, 1.54) is 0 Å². The number of benzene rings is 1. The molecule has 1 aromatic carbocycles. The summed E-state index contributed by atoms with van der Waals surface area (Å²) in [5, 5.41) is 8.11. The average Bonchev–Trinajstić information content (AvgIpc) is 3.35. The molecule has 0 unspecified atom stereocenters. The van der Waals surface area contributed by atoms with Crippen molar-refractivity contribution in [3.05, 3.63) is 59.5 Å². The van der Waals surface area contributed by atoms with Gasteiger partial charge in [-0.05, 0) is 50.6 Å². The molecule has 1 aliphatic heterocycles. The van der Waals surface area contributed by atoms with Crippen LogP contribution in [0.5, 0.6) is 0 Å². The van der Waals surface area contributed by atoms with Gasteiger partial charge >= 0.3 is 0 Å². The minimum atomic E-state index is 0.0301. The summed E-state index contributed by atoms with van der Waals surface area (Å²) in [6.45, 7) is 5.11. The van der Waals surface area contributed by atoms with E-state index < -0.39 is 0 Å². The standard InChI is InChI=1S/C18H19N5O2/c1-12-7-9-19-23(12)16-5-3-14(4-6-16)18(24)22-10-8-15(11-22)17-20-13(2)21-25-17/h3-7,9,15H,8,10-11H2,1-2H3/t15-/m0/s1. The van der Waals surface area contributed by atoms with Gasteiger partial charge in [-0.1, -0.05) is 5.16 Å². The van der Waals surface area contributed by atoms with Crippen LogP contribution in [0.2, 0.25) is 0 Å². The summed E-state index contributed by atoms with van der Waals surface area (Å²) in [5.74, 6) is 1.40. The zero-order chi connectivity index (χ0) is 17.4. The van der Waals surface area contributed by atoms with E-state index in [0.717, 1.165) is 17.8 Å². The molecule has 2 aromatic heterocycles. The van der Waals surface area contributed by atoms with Gasteiger partial charge in [-0.25, -0.2) is 4.68 Å². The van der Waals surface area contributed by atoms with Gasteiger partial charge in [-0.15, -0.1) is 0 Å². The fourth-order valence-electron chi connectivity index (χ4n) is 3.19. The van der Waals surface area contributed by atoms with E-state index in [1.54, 1.807) is 13.1 Å². The summed E-state index contributed by atoms with van der Waals surface area (Å²) in [6.07, 6.45) is 2.61. The van der Waals surface area contributed by atoms with Crippen LogP contribution < -0.4 is 0 Å². The van der Waals surface area contributed by atoms with Crippen molar-refractivity contribution in [1.82, 2.24) is 24.8 Å². The van der Waals surface area contributed by atoms with Gasteiger partial charge in [0.15, 0.2) is 5.82 Å². The number of hydrogen-bond donors (Lipinski definition) is 0. The number of rotatable bonds is 3. The average molecular weight is 337 g/mol. The zero-order valence-corrected chi connectivity index (χ0v) is 14.2. The van der Waals surface area contributed by atoms with Crippen LogP contribution in [-0.2, 0) is 0 Å². The molecular formula is C18H19N5O2. The van der Waals surface area contributed by atoms with Crippen LogP contribution in [-0.4, -0.2) is 43.8 Å². The van der Waals surface area contributed by atoms with E-state index >= 15 is 0 Å². The van der Waals surface area contributed by atoms with E-state index in [0.29, 0.717) is 30.4 Å². The second-order valence-electron chi connectivity index (χ2n) is 6.35. The maximum Gasteiger partial charge on any atom is 0.253 e. The van der Waals surface area contributed by atoms with E-state index in [9.17, 15) is 4.79 Å². The molecule has 0 radical (unpaired) electrons. The first kappa shape index (κ1) is 15.6. The molecule has 1 saturated heterocycles. The molecule has 0 aliphatic carbocycles. The molecule has 7 heteroatoms. The summed E-state index contributed by atoms with van der Waals surface area (Å²) >= 11 is 0. The lowest BCUT2D eigenvalue weighted by molar-refractivity contribution is 0.0789. The number of amides is 1. The molecule has 3 aromatic rings. The van der Waals surface area contributed by atoms with Crippen molar-refractivity contribution in [3.8, 4) is 5.69 Å². The molecule has 1 atom stereocenters. The van der Waals surface area contributed by atoms with Gasteiger partial charge in [0, 0.05) is 30.5 Å². The summed E-state index contributed by atoms with van der Waals surface area (Å²) < 4.78 is 7.09. The molecule has 0 saturated carbocycles. The molecule has 1 aliphatic rings. The zero-order valence-electron chi connectivity index (χ0n) is 14.2. The predicted molar refractivity (Wildman–Crippen MR) is 90.6 cm³/mol. The van der Waals surface area contributed by atoms with Crippen LogP contribution in [0.25, 0.3) is 5.69 Å². The molecule has 0 N–H and O–H groups in total. The first-order chi connectivity index (χ1) is 12.1. The van der Waals surface area contributed by atoms with Crippen LogP contribution in [0.1, 0.15) is 40.1 Å². The molecular weight excluding hydrogens is 318 g/mol. The van der Waals surface area contributed by atoms with Crippen LogP contribution >= 0.6 is 0 Å². The highest BCUT2D eigenvalue weighted by Crippen LogP contribution is 2.27. The summed E-state index contributed by atoms with van der Waals surface area (Å²) in [4.78, 5) is 18.9. The number of likely N-dealkylation sites (tertiary alicyclic amines) is 1. The van der Waals surface area contributed by atoms with Gasteiger partial charge in [0.25, 0.3) is 5.91 Å². The Bertz CT molecular complexity index is 896. The van der Waals surface area contributed by atoms with Gasteiger partial charge in [0.1, 0.15) is 0 Å². The van der Waals surface area contributed by atoms with E-state index in [2.05, 4.69) is 15.2 Å². The highest BCUT2D eigenvalue weighted by molar-refractivity contribution is 5.94. The van der Waals surface area contributed by atoms with Crippen LogP contribution in [0.3, 0.4) is 0 Å². The smallest absolute Gasteiger partial charge is 0.253 e. The first-order valence-corrected chi connectivity index (χ1v) is 8.32. The molecule has 7 nitrogen and oxygen atoms in total. The molecule has 25 heavy (non-hydrogen) atoms. The first-order valence-electron chi connectivity index (χ1n) is 8.32. The fourth-order valence-corrected chi connectivity index (χ4v) is 3.19. The lowest BCUT2D eigenvalue weighted by atomic mass is 10.1. The molecule has 3 heterocycles. The highest BCUT2D eigenvalue weighted by Gasteiger charge is 2.31. The Morgan fingerprint density at radius 2 is 2.00 bits per heavy atom. The third kappa shape index (κ3) is 2.93. The van der Waals surface area contributed by atoms with Crippen molar-refractivity contribution < 1.29 is 9.32 Å². The summed E-state index contributed by atoms with van der Waals surface area (Å²) in [7, 11) is 0. The SMILES string of the molecule is Cc1noc([C@H]2CCN(C(=O)c3ccc(-n4nccc4C)cc3)C2)n1. The van der Waals surface area contributed by atoms with Crippen molar-refractivity contribution in [3.63, 3.8) is 0 Å². The Hall–Kier alpha value is -2.96. The molecule has 1 amide bonds. The van der Waals surface area contributed by atoms with Crippen LogP contribution in [0.4, 0.5) is 0 Å². The number of nitrogens with zero attached hydrogens (tertiary/aromatic N) is 5. The lowest BCUT2D eigenvalue weighted by Crippen LogP contribution is -2.28. The maximum absolute atomic E-state index is 12.7. The molecule has 0 spiro atoms. The van der Waals surface area contributed by atoms with Gasteiger partial charge in [-0.3, -0.25) is 4.79 Å². The Balaban J connectivity index is 1.47. The van der Waals surface area contributed by atoms with Gasteiger partial charge in [-0.2, -0.15) is 10.1 Å². The van der Waals surface area contributed by atoms with E-state index in [-0.39, 0.29) is 11.8 Å². The van der Waals surface area contributed by atoms with Crippen molar-refractivity contribution >= 4 is 5.91 Å².